The van der Waals surface area contributed by atoms with E-state index in [1.165, 1.54) is 0 Å². The van der Waals surface area contributed by atoms with Gasteiger partial charge in [0.1, 0.15) is 5.52 Å². The van der Waals surface area contributed by atoms with Crippen molar-refractivity contribution in [3.8, 4) is 0 Å². The van der Waals surface area contributed by atoms with Gasteiger partial charge in [-0.05, 0) is 24.8 Å². The van der Waals surface area contributed by atoms with Crippen LogP contribution in [0.5, 0.6) is 0 Å². The van der Waals surface area contributed by atoms with Crippen molar-refractivity contribution in [2.75, 3.05) is 11.9 Å². The maximum Gasteiger partial charge on any atom is 0.152 e. The lowest BCUT2D eigenvalue weighted by Crippen LogP contribution is -2.33. The molecule has 0 aliphatic carbocycles. The highest BCUT2D eigenvalue weighted by atomic mass is 15.2. The van der Waals surface area contributed by atoms with Gasteiger partial charge >= 0.3 is 0 Å². The number of hydrogen-bond acceptors (Lipinski definition) is 4. The van der Waals surface area contributed by atoms with Crippen molar-refractivity contribution < 1.29 is 0 Å². The van der Waals surface area contributed by atoms with Crippen LogP contribution in [0.25, 0.3) is 5.52 Å². The van der Waals surface area contributed by atoms with Gasteiger partial charge in [-0.15, -0.1) is 0 Å². The molecular formula is C14H23N5. The summed E-state index contributed by atoms with van der Waals surface area (Å²) in [7, 11) is 0. The van der Waals surface area contributed by atoms with Crippen molar-refractivity contribution in [3.05, 3.63) is 24.2 Å². The monoisotopic (exact) mass is 261 g/mol. The Kier molecular flexibility index (Phi) is 3.75. The Morgan fingerprint density at radius 3 is 2.84 bits per heavy atom. The first-order valence-corrected chi connectivity index (χ1v) is 6.65. The van der Waals surface area contributed by atoms with Crippen molar-refractivity contribution in [2.24, 2.45) is 11.1 Å². The van der Waals surface area contributed by atoms with Crippen LogP contribution in [0.4, 0.5) is 5.82 Å². The summed E-state index contributed by atoms with van der Waals surface area (Å²) in [6.07, 6.45) is 4.57. The van der Waals surface area contributed by atoms with Gasteiger partial charge in [0.05, 0.1) is 5.69 Å². The molecule has 2 rings (SSSR count). The van der Waals surface area contributed by atoms with Gasteiger partial charge in [0, 0.05) is 25.0 Å². The van der Waals surface area contributed by atoms with Crippen LogP contribution in [0.2, 0.25) is 0 Å². The minimum Gasteiger partial charge on any atom is -0.367 e. The third kappa shape index (κ3) is 3.67. The first-order chi connectivity index (χ1) is 8.85. The van der Waals surface area contributed by atoms with E-state index in [-0.39, 0.29) is 11.5 Å². The van der Waals surface area contributed by atoms with E-state index in [9.17, 15) is 0 Å². The van der Waals surface area contributed by atoms with E-state index in [1.54, 1.807) is 6.20 Å². The fourth-order valence-corrected chi connectivity index (χ4v) is 2.27. The summed E-state index contributed by atoms with van der Waals surface area (Å²) in [5.74, 6) is 0.840. The van der Waals surface area contributed by atoms with E-state index >= 15 is 0 Å². The summed E-state index contributed by atoms with van der Waals surface area (Å²) in [6.45, 7) is 9.29. The van der Waals surface area contributed by atoms with Crippen molar-refractivity contribution >= 4 is 11.3 Å². The van der Waals surface area contributed by atoms with Crippen LogP contribution >= 0.6 is 0 Å². The Labute approximate surface area is 114 Å². The van der Waals surface area contributed by atoms with Crippen LogP contribution in [0.3, 0.4) is 0 Å². The number of nitrogens with one attached hydrogen (secondary N) is 1. The van der Waals surface area contributed by atoms with Gasteiger partial charge in [-0.25, -0.2) is 9.50 Å². The fourth-order valence-electron chi connectivity index (χ4n) is 2.27. The number of nitrogens with zero attached hydrogens (tertiary/aromatic N) is 3. The number of aromatic nitrogens is 3. The Hall–Kier alpha value is -1.62. The topological polar surface area (TPSA) is 68.2 Å². The van der Waals surface area contributed by atoms with Gasteiger partial charge in [-0.1, -0.05) is 20.8 Å². The van der Waals surface area contributed by atoms with Gasteiger partial charge in [0.25, 0.3) is 0 Å². The Bertz CT molecular complexity index is 552. The molecule has 1 atom stereocenters. The van der Waals surface area contributed by atoms with Crippen LogP contribution in [-0.2, 0) is 0 Å². The average molecular weight is 261 g/mol. The van der Waals surface area contributed by atoms with E-state index in [2.05, 4.69) is 36.2 Å². The predicted molar refractivity (Wildman–Crippen MR) is 78.3 cm³/mol. The van der Waals surface area contributed by atoms with Gasteiger partial charge in [0.2, 0.25) is 0 Å². The molecule has 5 nitrogen and oxygen atoms in total. The maximum absolute atomic E-state index is 6.14. The van der Waals surface area contributed by atoms with Gasteiger partial charge in [-0.2, -0.15) is 5.10 Å². The molecule has 19 heavy (non-hydrogen) atoms. The lowest BCUT2D eigenvalue weighted by atomic mass is 9.88. The number of rotatable bonds is 4. The van der Waals surface area contributed by atoms with Crippen molar-refractivity contribution in [3.63, 3.8) is 0 Å². The zero-order chi connectivity index (χ0) is 14.0. The van der Waals surface area contributed by atoms with Crippen LogP contribution < -0.4 is 11.1 Å². The second kappa shape index (κ2) is 5.17. The van der Waals surface area contributed by atoms with Gasteiger partial charge in [-0.3, -0.25) is 0 Å². The van der Waals surface area contributed by atoms with Crippen molar-refractivity contribution in [1.29, 1.82) is 0 Å². The van der Waals surface area contributed by atoms with Crippen LogP contribution in [0.1, 0.15) is 32.9 Å². The zero-order valence-corrected chi connectivity index (χ0v) is 12.1. The molecular weight excluding hydrogens is 238 g/mol. The average Bonchev–Trinajstić information content (AvgIpc) is 2.64. The molecule has 0 aliphatic heterocycles. The van der Waals surface area contributed by atoms with Crippen LogP contribution in [0, 0.1) is 12.3 Å². The first kappa shape index (κ1) is 13.8. The zero-order valence-electron chi connectivity index (χ0n) is 12.1. The molecule has 0 aliphatic rings. The van der Waals surface area contributed by atoms with E-state index in [0.717, 1.165) is 23.4 Å². The van der Waals surface area contributed by atoms with Crippen LogP contribution in [-0.4, -0.2) is 27.2 Å². The first-order valence-electron chi connectivity index (χ1n) is 6.65. The minimum absolute atomic E-state index is 0.117. The molecule has 0 bridgehead atoms. The molecule has 104 valence electrons. The standard InChI is InChI=1S/C14H23N5/c1-10-7-12-13(16-5-6-19(12)18-10)17-9-11(15)8-14(2,3)4/h5-7,11H,8-9,15H2,1-4H3,(H,16,17). The van der Waals surface area contributed by atoms with Crippen LogP contribution in [0.15, 0.2) is 18.5 Å². The molecule has 0 saturated heterocycles. The molecule has 0 aromatic carbocycles. The van der Waals surface area contributed by atoms with E-state index in [0.29, 0.717) is 6.54 Å². The second-order valence-electron chi connectivity index (χ2n) is 6.30. The molecule has 0 fully saturated rings. The number of fused-ring (bicyclic) bond motifs is 1. The predicted octanol–water partition coefficient (Wildman–Crippen LogP) is 2.21. The van der Waals surface area contributed by atoms with Gasteiger partial charge < -0.3 is 11.1 Å². The lowest BCUT2D eigenvalue weighted by molar-refractivity contribution is 0.344. The van der Waals surface area contributed by atoms with E-state index < -0.39 is 0 Å². The smallest absolute Gasteiger partial charge is 0.152 e. The molecule has 2 heterocycles. The number of anilines is 1. The van der Waals surface area contributed by atoms with Crippen molar-refractivity contribution in [2.45, 2.75) is 40.2 Å². The molecule has 2 aromatic heterocycles. The summed E-state index contributed by atoms with van der Waals surface area (Å²) < 4.78 is 1.83. The summed E-state index contributed by atoms with van der Waals surface area (Å²) >= 11 is 0. The third-order valence-corrected chi connectivity index (χ3v) is 2.92. The quantitative estimate of drug-likeness (QED) is 0.885. The molecule has 0 spiro atoms. The molecule has 1 unspecified atom stereocenters. The SMILES string of the molecule is Cc1cc2c(NCC(N)CC(C)(C)C)nccn2n1. The Morgan fingerprint density at radius 1 is 1.42 bits per heavy atom. The number of hydrogen-bond donors (Lipinski definition) is 2. The molecule has 0 radical (unpaired) electrons. The number of nitrogens with two attached hydrogens (primary N) is 1. The highest BCUT2D eigenvalue weighted by Crippen LogP contribution is 2.20. The Balaban J connectivity index is 2.05. The molecule has 3 N–H and O–H groups in total. The second-order valence-corrected chi connectivity index (χ2v) is 6.30. The lowest BCUT2D eigenvalue weighted by Gasteiger charge is -2.23. The highest BCUT2D eigenvalue weighted by Gasteiger charge is 2.16. The molecule has 0 saturated carbocycles. The Morgan fingerprint density at radius 2 is 2.16 bits per heavy atom. The van der Waals surface area contributed by atoms with E-state index in [1.807, 2.05) is 23.7 Å². The summed E-state index contributed by atoms with van der Waals surface area (Å²) in [6, 6.07) is 2.14. The summed E-state index contributed by atoms with van der Waals surface area (Å²) in [5.41, 5.74) is 8.36. The molecule has 5 heteroatoms. The van der Waals surface area contributed by atoms with E-state index in [4.69, 9.17) is 5.73 Å². The summed E-state index contributed by atoms with van der Waals surface area (Å²) in [5, 5.41) is 7.69. The maximum atomic E-state index is 6.14. The summed E-state index contributed by atoms with van der Waals surface area (Å²) in [4.78, 5) is 4.36. The molecule has 2 aromatic rings. The minimum atomic E-state index is 0.117. The van der Waals surface area contributed by atoms with Crippen molar-refractivity contribution in [1.82, 2.24) is 14.6 Å². The highest BCUT2D eigenvalue weighted by molar-refractivity contribution is 5.67. The normalized spacial score (nSPS) is 13.7. The largest absolute Gasteiger partial charge is 0.367 e. The molecule has 0 amide bonds. The number of aryl methyl sites for hydroxylation is 1. The van der Waals surface area contributed by atoms with Gasteiger partial charge in [0.15, 0.2) is 5.82 Å². The third-order valence-electron chi connectivity index (χ3n) is 2.92. The fraction of sp³-hybridized carbons (Fsp3) is 0.571.